The van der Waals surface area contributed by atoms with Crippen molar-refractivity contribution >= 4 is 23.9 Å². The van der Waals surface area contributed by atoms with E-state index in [2.05, 4.69) is 5.32 Å². The fraction of sp³-hybridized carbons (Fsp3) is 0.357. The van der Waals surface area contributed by atoms with E-state index in [4.69, 9.17) is 15.6 Å². The summed E-state index contributed by atoms with van der Waals surface area (Å²) >= 11 is 0. The molecule has 1 aromatic heterocycles. The van der Waals surface area contributed by atoms with Crippen LogP contribution in [-0.4, -0.2) is 54.0 Å². The van der Waals surface area contributed by atoms with Crippen LogP contribution in [0.5, 0.6) is 5.75 Å². The highest BCUT2D eigenvalue weighted by molar-refractivity contribution is 5.97. The van der Waals surface area contributed by atoms with E-state index in [1.807, 2.05) is 30.3 Å². The molecule has 3 aromatic rings. The average molecular weight is 504 g/mol. The minimum Gasteiger partial charge on any atom is -0.496 e. The van der Waals surface area contributed by atoms with Crippen molar-refractivity contribution in [2.75, 3.05) is 26.9 Å². The summed E-state index contributed by atoms with van der Waals surface area (Å²) in [4.78, 5) is 38.7. The molecule has 0 saturated heterocycles. The summed E-state index contributed by atoms with van der Waals surface area (Å²) < 4.78 is 6.98. The van der Waals surface area contributed by atoms with Gasteiger partial charge in [-0.2, -0.15) is 5.10 Å². The number of methoxy groups -OCH3 is 1. The number of aldehydes is 1. The van der Waals surface area contributed by atoms with Crippen LogP contribution in [0.2, 0.25) is 0 Å². The minimum atomic E-state index is -0.227. The lowest BCUT2D eigenvalue weighted by atomic mass is 9.85. The molecule has 0 spiro atoms. The monoisotopic (exact) mass is 503 g/mol. The van der Waals surface area contributed by atoms with Crippen molar-refractivity contribution in [1.82, 2.24) is 20.0 Å². The van der Waals surface area contributed by atoms with E-state index in [1.165, 1.54) is 7.11 Å². The van der Waals surface area contributed by atoms with Crippen LogP contribution in [0.25, 0.3) is 11.3 Å². The van der Waals surface area contributed by atoms with Gasteiger partial charge in [0.25, 0.3) is 5.91 Å². The first-order valence-corrected chi connectivity index (χ1v) is 12.4. The normalized spacial score (nSPS) is 17.2. The van der Waals surface area contributed by atoms with Crippen molar-refractivity contribution in [2.45, 2.75) is 38.3 Å². The third-order valence-corrected chi connectivity index (χ3v) is 6.92. The Morgan fingerprint density at radius 3 is 2.57 bits per heavy atom. The fourth-order valence-corrected chi connectivity index (χ4v) is 4.93. The van der Waals surface area contributed by atoms with Crippen molar-refractivity contribution < 1.29 is 19.1 Å². The Labute approximate surface area is 216 Å². The molecule has 1 heterocycles. The summed E-state index contributed by atoms with van der Waals surface area (Å²) in [7, 11) is 5.07. The Balaban J connectivity index is 1.49. The van der Waals surface area contributed by atoms with Gasteiger partial charge in [-0.3, -0.25) is 14.4 Å². The largest absolute Gasteiger partial charge is 0.496 e. The molecule has 2 unspecified atom stereocenters. The Morgan fingerprint density at radius 1 is 1.16 bits per heavy atom. The quantitative estimate of drug-likeness (QED) is 0.453. The zero-order valence-corrected chi connectivity index (χ0v) is 21.4. The van der Waals surface area contributed by atoms with E-state index in [0.29, 0.717) is 41.4 Å². The molecule has 194 valence electrons. The van der Waals surface area contributed by atoms with Crippen molar-refractivity contribution in [3.63, 3.8) is 0 Å². The van der Waals surface area contributed by atoms with Crippen LogP contribution >= 0.6 is 0 Å². The molecule has 1 aliphatic rings. The molecule has 2 amide bonds. The van der Waals surface area contributed by atoms with Crippen LogP contribution in [-0.2, 0) is 11.3 Å². The first-order chi connectivity index (χ1) is 17.8. The lowest BCUT2D eigenvalue weighted by molar-refractivity contribution is -0.134. The number of carbonyl (C=O) groups is 3. The topological polar surface area (TPSA) is 120 Å². The van der Waals surface area contributed by atoms with Gasteiger partial charge < -0.3 is 20.7 Å². The third-order valence-electron chi connectivity index (χ3n) is 6.92. The summed E-state index contributed by atoms with van der Waals surface area (Å²) in [6, 6.07) is 14.5. The van der Waals surface area contributed by atoms with E-state index in [0.717, 1.165) is 36.7 Å². The molecule has 37 heavy (non-hydrogen) atoms. The van der Waals surface area contributed by atoms with Gasteiger partial charge in [0.2, 0.25) is 5.91 Å². The second-order valence-electron chi connectivity index (χ2n) is 9.54. The van der Waals surface area contributed by atoms with Gasteiger partial charge in [0, 0.05) is 32.1 Å². The molecule has 3 N–H and O–H groups in total. The predicted molar refractivity (Wildman–Crippen MR) is 141 cm³/mol. The van der Waals surface area contributed by atoms with Crippen molar-refractivity contribution in [3.8, 4) is 17.0 Å². The molecule has 0 radical (unpaired) electrons. The number of nitrogens with zero attached hydrogens (tertiary/aromatic N) is 3. The highest BCUT2D eigenvalue weighted by atomic mass is 16.5. The van der Waals surface area contributed by atoms with Crippen LogP contribution in [0.3, 0.4) is 0 Å². The maximum atomic E-state index is 12.6. The summed E-state index contributed by atoms with van der Waals surface area (Å²) in [6.45, 7) is 0.331. The van der Waals surface area contributed by atoms with E-state index >= 15 is 0 Å². The van der Waals surface area contributed by atoms with Gasteiger partial charge in [-0.05, 0) is 37.0 Å². The number of hydrogen-bond donors (Lipinski definition) is 2. The number of nitrogens with one attached hydrogen (secondary N) is 1. The number of anilines is 1. The lowest BCUT2D eigenvalue weighted by Gasteiger charge is -2.30. The molecule has 0 aliphatic heterocycles. The number of ether oxygens (including phenoxy) is 1. The molecule has 2 atom stereocenters. The van der Waals surface area contributed by atoms with Gasteiger partial charge in [-0.15, -0.1) is 0 Å². The highest BCUT2D eigenvalue weighted by Crippen LogP contribution is 2.37. The zero-order chi connectivity index (χ0) is 26.5. The number of carbonyl (C=O) groups excluding carboxylic acids is 3. The van der Waals surface area contributed by atoms with Gasteiger partial charge >= 0.3 is 0 Å². The number of amides is 2. The Bertz CT molecular complexity index is 1280. The molecule has 0 bridgehead atoms. The van der Waals surface area contributed by atoms with Crippen molar-refractivity contribution in [1.29, 1.82) is 0 Å². The van der Waals surface area contributed by atoms with Crippen LogP contribution in [0, 0.1) is 5.92 Å². The molecular weight excluding hydrogens is 470 g/mol. The molecule has 2 aromatic carbocycles. The summed E-state index contributed by atoms with van der Waals surface area (Å²) in [5, 5.41) is 7.63. The van der Waals surface area contributed by atoms with Crippen molar-refractivity contribution in [3.05, 3.63) is 65.2 Å². The first kappa shape index (κ1) is 25.9. The Morgan fingerprint density at radius 2 is 1.89 bits per heavy atom. The van der Waals surface area contributed by atoms with E-state index in [1.54, 1.807) is 41.9 Å². The van der Waals surface area contributed by atoms with Crippen molar-refractivity contribution in [2.24, 2.45) is 5.92 Å². The van der Waals surface area contributed by atoms with Crippen LogP contribution in [0.15, 0.2) is 48.5 Å². The third kappa shape index (κ3) is 5.50. The van der Waals surface area contributed by atoms with Gasteiger partial charge in [-0.1, -0.05) is 42.8 Å². The van der Waals surface area contributed by atoms with Crippen LogP contribution in [0.4, 0.5) is 5.82 Å². The molecule has 1 aliphatic carbocycles. The van der Waals surface area contributed by atoms with E-state index < -0.39 is 0 Å². The van der Waals surface area contributed by atoms with Crippen LogP contribution < -0.4 is 15.8 Å². The molecule has 1 fully saturated rings. The van der Waals surface area contributed by atoms with E-state index in [-0.39, 0.29) is 23.8 Å². The standard InChI is InChI=1S/C28H33N5O4/c1-32(2)28(36)20-7-6-8-21(15-20)33-26(29)23(17-34)25(31-33)19-13-11-18(12-14-19)16-30-27(35)22-9-4-5-10-24(22)37-3/h4-5,9-14,17,20-21H,6-8,15-16,29H2,1-3H3,(H,30,35). The first-order valence-electron chi connectivity index (χ1n) is 12.4. The number of rotatable bonds is 8. The fourth-order valence-electron chi connectivity index (χ4n) is 4.93. The van der Waals surface area contributed by atoms with E-state index in [9.17, 15) is 14.4 Å². The van der Waals surface area contributed by atoms with Crippen LogP contribution in [0.1, 0.15) is 58.0 Å². The number of nitrogens with two attached hydrogens (primary N) is 1. The summed E-state index contributed by atoms with van der Waals surface area (Å²) in [6.07, 6.45) is 3.98. The smallest absolute Gasteiger partial charge is 0.255 e. The highest BCUT2D eigenvalue weighted by Gasteiger charge is 2.31. The number of hydrogen-bond acceptors (Lipinski definition) is 6. The van der Waals surface area contributed by atoms with Gasteiger partial charge in [0.15, 0.2) is 6.29 Å². The molecular formula is C28H33N5O4. The second-order valence-corrected chi connectivity index (χ2v) is 9.54. The zero-order valence-electron chi connectivity index (χ0n) is 21.4. The number of para-hydroxylation sites is 1. The van der Waals surface area contributed by atoms with Gasteiger partial charge in [-0.25, -0.2) is 4.68 Å². The predicted octanol–water partition coefficient (Wildman–Crippen LogP) is 3.70. The van der Waals surface area contributed by atoms with Gasteiger partial charge in [0.05, 0.1) is 24.3 Å². The molecule has 9 heteroatoms. The molecule has 4 rings (SSSR count). The number of nitrogen functional groups attached to an aromatic ring is 1. The Kier molecular flexibility index (Phi) is 7.91. The number of benzene rings is 2. The second kappa shape index (κ2) is 11.3. The lowest BCUT2D eigenvalue weighted by Crippen LogP contribution is -2.34. The minimum absolute atomic E-state index is 0.0421. The summed E-state index contributed by atoms with van der Waals surface area (Å²) in [5.74, 6) is 0.640. The SMILES string of the molecule is COc1ccccc1C(=O)NCc1ccc(-c2nn(C3CCCC(C(=O)N(C)C)C3)c(N)c2C=O)cc1. The van der Waals surface area contributed by atoms with Gasteiger partial charge in [0.1, 0.15) is 17.3 Å². The number of aromatic nitrogens is 2. The maximum absolute atomic E-state index is 12.6. The Hall–Kier alpha value is -4.14. The maximum Gasteiger partial charge on any atom is 0.255 e. The summed E-state index contributed by atoms with van der Waals surface area (Å²) in [5.41, 5.74) is 9.34. The molecule has 9 nitrogen and oxygen atoms in total. The average Bonchev–Trinajstić information content (AvgIpc) is 3.27. The molecule has 1 saturated carbocycles.